The van der Waals surface area contributed by atoms with E-state index in [4.69, 9.17) is 4.74 Å². The molecule has 1 aliphatic carbocycles. The molecule has 1 fully saturated rings. The van der Waals surface area contributed by atoms with Crippen LogP contribution in [0.1, 0.15) is 19.3 Å². The van der Waals surface area contributed by atoms with Crippen LogP contribution in [0.25, 0.3) is 10.8 Å². The van der Waals surface area contributed by atoms with Gasteiger partial charge in [0.25, 0.3) is 0 Å². The third-order valence-electron chi connectivity index (χ3n) is 3.48. The molecule has 0 aromatic heterocycles. The van der Waals surface area contributed by atoms with E-state index in [0.29, 0.717) is 0 Å². The Bertz CT molecular complexity index is 531. The lowest BCUT2D eigenvalue weighted by molar-refractivity contribution is 0.181. The number of hydrogen-bond donors (Lipinski definition) is 0. The van der Waals surface area contributed by atoms with Gasteiger partial charge in [0.05, 0.1) is 6.61 Å². The lowest BCUT2D eigenvalue weighted by Crippen LogP contribution is -2.19. The summed E-state index contributed by atoms with van der Waals surface area (Å²) in [7, 11) is 0. The van der Waals surface area contributed by atoms with Crippen molar-refractivity contribution >= 4 is 26.7 Å². The minimum atomic E-state index is 0.785. The van der Waals surface area contributed by atoms with Crippen LogP contribution in [0.4, 0.5) is 0 Å². The van der Waals surface area contributed by atoms with Crippen LogP contribution < -0.4 is 4.74 Å². The Labute approximate surface area is 110 Å². The molecule has 2 heteroatoms. The molecule has 1 nitrogen and oxygen atoms in total. The number of benzene rings is 2. The molecular formula is C15H15BrO. The summed E-state index contributed by atoms with van der Waals surface area (Å²) in [5, 5.41) is 2.48. The first kappa shape index (κ1) is 11.1. The number of halogens is 1. The van der Waals surface area contributed by atoms with Crippen LogP contribution in [0, 0.1) is 5.92 Å². The van der Waals surface area contributed by atoms with Gasteiger partial charge in [-0.05, 0) is 53.8 Å². The van der Waals surface area contributed by atoms with Gasteiger partial charge in [-0.25, -0.2) is 0 Å². The molecule has 0 N–H and O–H groups in total. The third kappa shape index (κ3) is 2.47. The van der Waals surface area contributed by atoms with Crippen LogP contribution in [0.5, 0.6) is 5.75 Å². The Kier molecular flexibility index (Phi) is 3.06. The molecule has 17 heavy (non-hydrogen) atoms. The van der Waals surface area contributed by atoms with Crippen LogP contribution in [0.15, 0.2) is 40.9 Å². The Morgan fingerprint density at radius 3 is 2.65 bits per heavy atom. The maximum atomic E-state index is 5.84. The van der Waals surface area contributed by atoms with Crippen molar-refractivity contribution in [3.63, 3.8) is 0 Å². The topological polar surface area (TPSA) is 9.23 Å². The molecule has 1 saturated carbocycles. The second kappa shape index (κ2) is 4.69. The second-order valence-electron chi connectivity index (χ2n) is 4.76. The zero-order valence-corrected chi connectivity index (χ0v) is 11.2. The highest BCUT2D eigenvalue weighted by molar-refractivity contribution is 9.10. The molecular weight excluding hydrogens is 276 g/mol. The van der Waals surface area contributed by atoms with Gasteiger partial charge in [-0.3, -0.25) is 0 Å². The lowest BCUT2D eigenvalue weighted by Gasteiger charge is -2.25. The van der Waals surface area contributed by atoms with E-state index in [1.165, 1.54) is 30.0 Å². The average Bonchev–Trinajstić information content (AvgIpc) is 2.26. The molecule has 0 bridgehead atoms. The molecule has 0 amide bonds. The highest BCUT2D eigenvalue weighted by Gasteiger charge is 2.17. The van der Waals surface area contributed by atoms with Gasteiger partial charge in [-0.15, -0.1) is 0 Å². The van der Waals surface area contributed by atoms with E-state index in [1.54, 1.807) is 0 Å². The third-order valence-corrected chi connectivity index (χ3v) is 3.98. The minimum absolute atomic E-state index is 0.785. The van der Waals surface area contributed by atoms with Crippen molar-refractivity contribution in [2.75, 3.05) is 6.61 Å². The van der Waals surface area contributed by atoms with Crippen molar-refractivity contribution in [2.24, 2.45) is 5.92 Å². The maximum absolute atomic E-state index is 5.84. The summed E-state index contributed by atoms with van der Waals surface area (Å²) in [4.78, 5) is 0. The Morgan fingerprint density at radius 2 is 1.88 bits per heavy atom. The first-order chi connectivity index (χ1) is 8.31. The molecule has 0 radical (unpaired) electrons. The van der Waals surface area contributed by atoms with Crippen LogP contribution in [-0.2, 0) is 0 Å². The monoisotopic (exact) mass is 290 g/mol. The molecule has 0 heterocycles. The van der Waals surface area contributed by atoms with Crippen molar-refractivity contribution in [3.8, 4) is 5.75 Å². The summed E-state index contributed by atoms with van der Waals surface area (Å²) in [5.74, 6) is 1.77. The van der Waals surface area contributed by atoms with Crippen molar-refractivity contribution in [1.29, 1.82) is 0 Å². The van der Waals surface area contributed by atoms with Gasteiger partial charge in [0.15, 0.2) is 0 Å². The SMILES string of the molecule is Brc1ccc2ccc(OCC3CCC3)cc2c1. The van der Waals surface area contributed by atoms with Crippen LogP contribution >= 0.6 is 15.9 Å². The number of fused-ring (bicyclic) bond motifs is 1. The van der Waals surface area contributed by atoms with Gasteiger partial charge in [0, 0.05) is 4.47 Å². The van der Waals surface area contributed by atoms with Crippen molar-refractivity contribution in [2.45, 2.75) is 19.3 Å². The highest BCUT2D eigenvalue weighted by Crippen LogP contribution is 2.28. The number of ether oxygens (including phenoxy) is 1. The van der Waals surface area contributed by atoms with Crippen LogP contribution in [-0.4, -0.2) is 6.61 Å². The first-order valence-electron chi connectivity index (χ1n) is 6.13. The van der Waals surface area contributed by atoms with E-state index >= 15 is 0 Å². The molecule has 0 atom stereocenters. The summed E-state index contributed by atoms with van der Waals surface area (Å²) < 4.78 is 6.95. The fourth-order valence-corrected chi connectivity index (χ4v) is 2.54. The Balaban J connectivity index is 1.79. The summed E-state index contributed by atoms with van der Waals surface area (Å²) in [6.45, 7) is 0.875. The predicted octanol–water partition coefficient (Wildman–Crippen LogP) is 4.78. The molecule has 88 valence electrons. The zero-order valence-electron chi connectivity index (χ0n) is 9.66. The first-order valence-corrected chi connectivity index (χ1v) is 6.93. The summed E-state index contributed by atoms with van der Waals surface area (Å²) in [5.41, 5.74) is 0. The van der Waals surface area contributed by atoms with Gasteiger partial charge in [0.2, 0.25) is 0 Å². The summed E-state index contributed by atoms with van der Waals surface area (Å²) >= 11 is 3.50. The molecule has 2 aromatic rings. The standard InChI is InChI=1S/C15H15BrO/c16-14-6-4-12-5-7-15(9-13(12)8-14)17-10-11-2-1-3-11/h4-9,11H,1-3,10H2. The average molecular weight is 291 g/mol. The highest BCUT2D eigenvalue weighted by atomic mass is 79.9. The van der Waals surface area contributed by atoms with E-state index in [2.05, 4.69) is 52.3 Å². The van der Waals surface area contributed by atoms with Crippen LogP contribution in [0.2, 0.25) is 0 Å². The van der Waals surface area contributed by atoms with Gasteiger partial charge < -0.3 is 4.74 Å². The van der Waals surface area contributed by atoms with Gasteiger partial charge in [0.1, 0.15) is 5.75 Å². The minimum Gasteiger partial charge on any atom is -0.493 e. The summed E-state index contributed by atoms with van der Waals surface area (Å²) in [6, 6.07) is 12.6. The fraction of sp³-hybridized carbons (Fsp3) is 0.333. The second-order valence-corrected chi connectivity index (χ2v) is 5.68. The van der Waals surface area contributed by atoms with Crippen molar-refractivity contribution in [1.82, 2.24) is 0 Å². The van der Waals surface area contributed by atoms with Crippen molar-refractivity contribution < 1.29 is 4.74 Å². The molecule has 0 spiro atoms. The lowest BCUT2D eigenvalue weighted by atomic mass is 9.86. The van der Waals surface area contributed by atoms with Gasteiger partial charge >= 0.3 is 0 Å². The van der Waals surface area contributed by atoms with E-state index in [-0.39, 0.29) is 0 Å². The molecule has 0 saturated heterocycles. The molecule has 3 rings (SSSR count). The van der Waals surface area contributed by atoms with E-state index < -0.39 is 0 Å². The van der Waals surface area contributed by atoms with Gasteiger partial charge in [-0.2, -0.15) is 0 Å². The fourth-order valence-electron chi connectivity index (χ4n) is 2.16. The van der Waals surface area contributed by atoms with Crippen LogP contribution in [0.3, 0.4) is 0 Å². The maximum Gasteiger partial charge on any atom is 0.119 e. The number of hydrogen-bond acceptors (Lipinski definition) is 1. The number of rotatable bonds is 3. The summed E-state index contributed by atoms with van der Waals surface area (Å²) in [6.07, 6.45) is 4.04. The van der Waals surface area contributed by atoms with E-state index in [1.807, 2.05) is 0 Å². The largest absolute Gasteiger partial charge is 0.493 e. The Morgan fingerprint density at radius 1 is 1.06 bits per heavy atom. The Hall–Kier alpha value is -1.02. The zero-order chi connectivity index (χ0) is 11.7. The van der Waals surface area contributed by atoms with Crippen molar-refractivity contribution in [3.05, 3.63) is 40.9 Å². The van der Waals surface area contributed by atoms with E-state index in [0.717, 1.165) is 22.7 Å². The normalized spacial score (nSPS) is 15.8. The smallest absolute Gasteiger partial charge is 0.119 e. The van der Waals surface area contributed by atoms with E-state index in [9.17, 15) is 0 Å². The quantitative estimate of drug-likeness (QED) is 0.790. The molecule has 1 aliphatic rings. The van der Waals surface area contributed by atoms with Gasteiger partial charge in [-0.1, -0.05) is 34.5 Å². The molecule has 2 aromatic carbocycles. The predicted molar refractivity (Wildman–Crippen MR) is 74.5 cm³/mol. The molecule has 0 unspecified atom stereocenters. The molecule has 0 aliphatic heterocycles.